The minimum atomic E-state index is -1.21. The maximum absolute atomic E-state index is 13.2. The summed E-state index contributed by atoms with van der Waals surface area (Å²) >= 11 is 5.86. The van der Waals surface area contributed by atoms with Gasteiger partial charge in [0.25, 0.3) is 5.91 Å². The van der Waals surface area contributed by atoms with Gasteiger partial charge in [-0.1, -0.05) is 29.8 Å². The van der Waals surface area contributed by atoms with Gasteiger partial charge in [0.05, 0.1) is 21.7 Å². The van der Waals surface area contributed by atoms with Crippen molar-refractivity contribution < 1.29 is 24.2 Å². The summed E-state index contributed by atoms with van der Waals surface area (Å²) in [5.74, 6) is -2.40. The number of nitrogens with one attached hydrogen (secondary N) is 1. The second kappa shape index (κ2) is 9.79. The molecule has 9 heteroatoms. The zero-order chi connectivity index (χ0) is 24.4. The van der Waals surface area contributed by atoms with E-state index in [0.29, 0.717) is 29.1 Å². The molecule has 2 heterocycles. The van der Waals surface area contributed by atoms with Crippen LogP contribution in [0.25, 0.3) is 10.9 Å². The first-order valence-corrected chi connectivity index (χ1v) is 11.3. The zero-order valence-corrected chi connectivity index (χ0v) is 19.6. The van der Waals surface area contributed by atoms with Gasteiger partial charge >= 0.3 is 11.9 Å². The summed E-state index contributed by atoms with van der Waals surface area (Å²) in [5, 5.41) is 12.5. The average molecular weight is 482 g/mol. The first-order valence-electron chi connectivity index (χ1n) is 10.9. The number of nitrogens with zero attached hydrogens (tertiary/aromatic N) is 2. The Balaban J connectivity index is 1.55. The number of aromatic carboxylic acids is 1. The van der Waals surface area contributed by atoms with Crippen LogP contribution in [0.15, 0.2) is 42.5 Å². The Kier molecular flexibility index (Phi) is 6.81. The molecule has 1 aromatic heterocycles. The number of para-hydroxylation sites is 1. The van der Waals surface area contributed by atoms with Crippen molar-refractivity contribution in [2.75, 3.05) is 18.5 Å². The Bertz CT molecular complexity index is 1290. The summed E-state index contributed by atoms with van der Waals surface area (Å²) < 4.78 is 5.39. The van der Waals surface area contributed by atoms with E-state index in [1.165, 1.54) is 18.2 Å². The molecule has 34 heavy (non-hydrogen) atoms. The fraction of sp³-hybridized carbons (Fsp3) is 0.280. The molecular formula is C25H24ClN3O5. The predicted molar refractivity (Wildman–Crippen MR) is 128 cm³/mol. The quantitative estimate of drug-likeness (QED) is 0.509. The maximum atomic E-state index is 13.2. The summed E-state index contributed by atoms with van der Waals surface area (Å²) in [6.45, 7) is 5.11. The molecule has 0 fully saturated rings. The van der Waals surface area contributed by atoms with Gasteiger partial charge < -0.3 is 15.2 Å². The van der Waals surface area contributed by atoms with Crippen LogP contribution < -0.4 is 5.32 Å². The number of carbonyl (C=O) groups excluding carboxylic acids is 2. The van der Waals surface area contributed by atoms with Crippen molar-refractivity contribution in [1.29, 1.82) is 0 Å². The summed E-state index contributed by atoms with van der Waals surface area (Å²) in [6, 6.07) is 11.8. The van der Waals surface area contributed by atoms with Gasteiger partial charge in [0, 0.05) is 47.9 Å². The predicted octanol–water partition coefficient (Wildman–Crippen LogP) is 4.15. The Hall–Kier alpha value is -3.49. The van der Waals surface area contributed by atoms with Crippen molar-refractivity contribution in [3.63, 3.8) is 0 Å². The van der Waals surface area contributed by atoms with E-state index < -0.39 is 24.5 Å². The molecule has 0 bridgehead atoms. The molecule has 8 nitrogen and oxygen atoms in total. The number of esters is 1. The number of rotatable bonds is 6. The fourth-order valence-corrected chi connectivity index (χ4v) is 4.25. The van der Waals surface area contributed by atoms with Crippen LogP contribution in [0.5, 0.6) is 0 Å². The van der Waals surface area contributed by atoms with E-state index in [0.717, 1.165) is 24.2 Å². The van der Waals surface area contributed by atoms with Crippen LogP contribution in [0.1, 0.15) is 45.8 Å². The fourth-order valence-electron chi connectivity index (χ4n) is 4.05. The van der Waals surface area contributed by atoms with Crippen LogP contribution in [-0.4, -0.2) is 52.0 Å². The van der Waals surface area contributed by atoms with E-state index >= 15 is 0 Å². The van der Waals surface area contributed by atoms with Crippen LogP contribution in [0.3, 0.4) is 0 Å². The molecule has 0 atom stereocenters. The smallest absolute Gasteiger partial charge is 0.339 e. The second-order valence-corrected chi connectivity index (χ2v) is 8.77. The van der Waals surface area contributed by atoms with Crippen molar-refractivity contribution in [2.45, 2.75) is 32.9 Å². The molecule has 176 valence electrons. The molecule has 0 saturated heterocycles. The van der Waals surface area contributed by atoms with Gasteiger partial charge in [-0.05, 0) is 38.1 Å². The molecule has 0 unspecified atom stereocenters. The summed E-state index contributed by atoms with van der Waals surface area (Å²) in [6.07, 6.45) is 0.724. The van der Waals surface area contributed by atoms with E-state index in [4.69, 9.17) is 21.3 Å². The lowest BCUT2D eigenvalue weighted by Crippen LogP contribution is -2.37. The Labute approximate surface area is 201 Å². The zero-order valence-electron chi connectivity index (χ0n) is 18.8. The van der Waals surface area contributed by atoms with E-state index in [1.54, 1.807) is 0 Å². The molecule has 2 aromatic carbocycles. The standard InChI is InChI=1S/C25H24ClN3O5/c1-14(2)29-10-9-21-18(12-29)23(16-5-3-4-6-20(16)28-21)25(33)34-13-22(30)27-15-7-8-19(26)17(11-15)24(31)32/h3-8,11,14H,9-10,12-13H2,1-2H3,(H,27,30)(H,31,32). The first-order chi connectivity index (χ1) is 16.2. The second-order valence-electron chi connectivity index (χ2n) is 8.37. The van der Waals surface area contributed by atoms with E-state index in [-0.39, 0.29) is 16.3 Å². The Morgan fingerprint density at radius 1 is 1.21 bits per heavy atom. The number of fused-ring (bicyclic) bond motifs is 2. The highest BCUT2D eigenvalue weighted by Gasteiger charge is 2.28. The minimum Gasteiger partial charge on any atom is -0.478 e. The van der Waals surface area contributed by atoms with E-state index in [9.17, 15) is 19.5 Å². The SMILES string of the molecule is CC(C)N1CCc2nc3ccccc3c(C(=O)OCC(=O)Nc3ccc(Cl)c(C(=O)O)c3)c2C1. The number of amides is 1. The third-order valence-corrected chi connectivity index (χ3v) is 6.15. The molecular weight excluding hydrogens is 458 g/mol. The lowest BCUT2D eigenvalue weighted by Gasteiger charge is -2.32. The summed E-state index contributed by atoms with van der Waals surface area (Å²) in [5.41, 5.74) is 2.93. The van der Waals surface area contributed by atoms with Crippen LogP contribution >= 0.6 is 11.6 Å². The van der Waals surface area contributed by atoms with Gasteiger partial charge in [-0.15, -0.1) is 0 Å². The van der Waals surface area contributed by atoms with Crippen LogP contribution in [0, 0.1) is 0 Å². The molecule has 0 saturated carbocycles. The molecule has 3 aromatic rings. The molecule has 2 N–H and O–H groups in total. The number of carboxylic acid groups (broad SMARTS) is 1. The molecule has 0 spiro atoms. The molecule has 1 aliphatic heterocycles. The number of carboxylic acids is 1. The number of halogens is 1. The average Bonchev–Trinajstić information content (AvgIpc) is 2.81. The van der Waals surface area contributed by atoms with E-state index in [2.05, 4.69) is 24.1 Å². The number of hydrogen-bond acceptors (Lipinski definition) is 6. The van der Waals surface area contributed by atoms with Gasteiger partial charge in [0.15, 0.2) is 6.61 Å². The summed E-state index contributed by atoms with van der Waals surface area (Å²) in [4.78, 5) is 43.9. The van der Waals surface area contributed by atoms with Gasteiger partial charge in [-0.2, -0.15) is 0 Å². The lowest BCUT2D eigenvalue weighted by molar-refractivity contribution is -0.119. The maximum Gasteiger partial charge on any atom is 0.339 e. The number of hydrogen-bond donors (Lipinski definition) is 2. The van der Waals surface area contributed by atoms with Crippen LogP contribution in [0.4, 0.5) is 5.69 Å². The Morgan fingerprint density at radius 2 is 1.97 bits per heavy atom. The van der Waals surface area contributed by atoms with Crippen molar-refractivity contribution in [1.82, 2.24) is 9.88 Å². The largest absolute Gasteiger partial charge is 0.478 e. The van der Waals surface area contributed by atoms with Crippen molar-refractivity contribution in [3.8, 4) is 0 Å². The minimum absolute atomic E-state index is 0.0571. The number of ether oxygens (including phenoxy) is 1. The molecule has 1 amide bonds. The first kappa shape index (κ1) is 23.7. The van der Waals surface area contributed by atoms with E-state index in [1.807, 2.05) is 24.3 Å². The highest BCUT2D eigenvalue weighted by molar-refractivity contribution is 6.33. The molecule has 1 aliphatic rings. The lowest BCUT2D eigenvalue weighted by atomic mass is 9.95. The number of pyridine rings is 1. The summed E-state index contributed by atoms with van der Waals surface area (Å²) in [7, 11) is 0. The van der Waals surface area contributed by atoms with Gasteiger partial charge in [-0.3, -0.25) is 14.7 Å². The highest BCUT2D eigenvalue weighted by Crippen LogP contribution is 2.29. The highest BCUT2D eigenvalue weighted by atomic mass is 35.5. The third kappa shape index (κ3) is 4.88. The van der Waals surface area contributed by atoms with Crippen LogP contribution in [0.2, 0.25) is 5.02 Å². The monoisotopic (exact) mass is 481 g/mol. The van der Waals surface area contributed by atoms with Crippen LogP contribution in [-0.2, 0) is 22.5 Å². The van der Waals surface area contributed by atoms with Gasteiger partial charge in [-0.25, -0.2) is 9.59 Å². The van der Waals surface area contributed by atoms with Crippen molar-refractivity contribution in [2.24, 2.45) is 0 Å². The van der Waals surface area contributed by atoms with Gasteiger partial charge in [0.1, 0.15) is 0 Å². The van der Waals surface area contributed by atoms with Gasteiger partial charge in [0.2, 0.25) is 0 Å². The third-order valence-electron chi connectivity index (χ3n) is 5.83. The number of carbonyl (C=O) groups is 3. The topological polar surface area (TPSA) is 109 Å². The normalized spacial score (nSPS) is 13.5. The molecule has 4 rings (SSSR count). The Morgan fingerprint density at radius 3 is 2.71 bits per heavy atom. The number of benzene rings is 2. The van der Waals surface area contributed by atoms with Crippen molar-refractivity contribution >= 4 is 46.0 Å². The number of aromatic nitrogens is 1. The van der Waals surface area contributed by atoms with Crippen molar-refractivity contribution in [3.05, 3.63) is 69.9 Å². The number of anilines is 1. The molecule has 0 aliphatic carbocycles. The molecule has 0 radical (unpaired) electrons.